The number of phosphoric ester groups is 1. The number of aromatic nitrogens is 2. The van der Waals surface area contributed by atoms with E-state index in [1.165, 1.54) is 82.1 Å². The van der Waals surface area contributed by atoms with Gasteiger partial charge in [-0.1, -0.05) is 90.4 Å². The van der Waals surface area contributed by atoms with Crippen LogP contribution in [0.2, 0.25) is 0 Å². The van der Waals surface area contributed by atoms with Gasteiger partial charge in [-0.15, -0.1) is 0 Å². The van der Waals surface area contributed by atoms with Crippen LogP contribution in [0.4, 0.5) is 0 Å². The smallest absolute Gasteiger partial charge is 0.394 e. The summed E-state index contributed by atoms with van der Waals surface area (Å²) in [6.45, 7) is 2.98. The van der Waals surface area contributed by atoms with Gasteiger partial charge < -0.3 is 34.6 Å². The average Bonchev–Trinajstić information content (AvgIpc) is 3.46. The maximum Gasteiger partial charge on any atom is 0.475 e. The van der Waals surface area contributed by atoms with Crippen LogP contribution >= 0.6 is 7.82 Å². The first kappa shape index (κ1) is 41.1. The van der Waals surface area contributed by atoms with Crippen molar-refractivity contribution in [1.29, 1.82) is 0 Å². The van der Waals surface area contributed by atoms with Gasteiger partial charge in [-0.05, 0) is 19.4 Å². The Labute approximate surface area is 284 Å². The summed E-state index contributed by atoms with van der Waals surface area (Å²) in [5, 5.41) is 40.8. The molecule has 0 aromatic carbocycles. The van der Waals surface area contributed by atoms with E-state index in [2.05, 4.69) is 11.9 Å². The van der Waals surface area contributed by atoms with Gasteiger partial charge in [-0.3, -0.25) is 18.1 Å². The van der Waals surface area contributed by atoms with E-state index in [0.29, 0.717) is 12.1 Å². The Balaban J connectivity index is 1.51. The number of aryl methyl sites for hydroxylation is 1. The van der Waals surface area contributed by atoms with Crippen molar-refractivity contribution in [3.8, 4) is 0 Å². The molecule has 2 fully saturated rings. The summed E-state index contributed by atoms with van der Waals surface area (Å²) in [5.74, 6) is 0. The molecule has 1 unspecified atom stereocenters. The van der Waals surface area contributed by atoms with Crippen molar-refractivity contribution in [2.45, 2.75) is 159 Å². The third-order valence-corrected chi connectivity index (χ3v) is 10.4. The molecule has 0 spiro atoms. The number of hydrogen-bond donors (Lipinski definition) is 4. The summed E-state index contributed by atoms with van der Waals surface area (Å²) in [4.78, 5) is 16.4. The molecule has 2 aliphatic rings. The van der Waals surface area contributed by atoms with Crippen LogP contribution in [0.3, 0.4) is 0 Å². The van der Waals surface area contributed by atoms with Gasteiger partial charge in [0.15, 0.2) is 6.29 Å². The predicted molar refractivity (Wildman–Crippen MR) is 177 cm³/mol. The number of methoxy groups -OCH3 is 1. The average molecular weight is 707 g/mol. The molecule has 48 heavy (non-hydrogen) atoms. The summed E-state index contributed by atoms with van der Waals surface area (Å²) in [6, 6.07) is 1.65. The van der Waals surface area contributed by atoms with E-state index in [1.54, 1.807) is 13.0 Å². The minimum absolute atomic E-state index is 0.0463. The largest absolute Gasteiger partial charge is 0.475 e. The first-order valence-electron chi connectivity index (χ1n) is 17.7. The van der Waals surface area contributed by atoms with Crippen LogP contribution in [0.1, 0.15) is 115 Å². The van der Waals surface area contributed by atoms with E-state index in [1.807, 2.05) is 0 Å². The third kappa shape index (κ3) is 13.1. The Kier molecular flexibility index (Phi) is 18.7. The van der Waals surface area contributed by atoms with E-state index in [-0.39, 0.29) is 13.0 Å². The zero-order chi connectivity index (χ0) is 34.9. The third-order valence-electron chi connectivity index (χ3n) is 8.95. The highest BCUT2D eigenvalue weighted by molar-refractivity contribution is 7.48. The van der Waals surface area contributed by atoms with Gasteiger partial charge in [0.05, 0.1) is 19.8 Å². The number of rotatable bonds is 24. The van der Waals surface area contributed by atoms with Crippen molar-refractivity contribution in [1.82, 2.24) is 9.55 Å². The molecule has 0 bridgehead atoms. The van der Waals surface area contributed by atoms with Crippen LogP contribution in [-0.2, 0) is 32.3 Å². The lowest BCUT2D eigenvalue weighted by Gasteiger charge is -2.39. The van der Waals surface area contributed by atoms with Crippen LogP contribution < -0.4 is 5.69 Å². The highest BCUT2D eigenvalue weighted by atomic mass is 31.2. The lowest BCUT2D eigenvalue weighted by Crippen LogP contribution is -2.59. The topological polar surface area (TPSA) is 188 Å². The van der Waals surface area contributed by atoms with Crippen LogP contribution in [0.15, 0.2) is 17.1 Å². The SMILES string of the molecule is CCCCCCCCCCCCCCCCOP(=O)(OC[C@H]1O[C@H](OC)[C@H](O)[C@@H](O)[C@@H]1O)O[C@H]1C[C@H](n2ccc(C)nc2=O)O[C@@H]1CO. The Morgan fingerprint density at radius 3 is 2.04 bits per heavy atom. The molecule has 0 amide bonds. The molecule has 0 saturated carbocycles. The van der Waals surface area contributed by atoms with Crippen molar-refractivity contribution in [2.24, 2.45) is 0 Å². The number of aliphatic hydroxyl groups excluding tert-OH is 4. The van der Waals surface area contributed by atoms with Crippen molar-refractivity contribution in [2.75, 3.05) is 26.9 Å². The molecule has 1 aromatic rings. The molecule has 2 aliphatic heterocycles. The Bertz CT molecular complexity index is 1140. The molecule has 4 N–H and O–H groups in total. The van der Waals surface area contributed by atoms with Crippen molar-refractivity contribution < 1.29 is 52.8 Å². The summed E-state index contributed by atoms with van der Waals surface area (Å²) < 4.78 is 48.9. The molecular formula is C33H59N2O12P. The molecule has 0 radical (unpaired) electrons. The fourth-order valence-electron chi connectivity index (χ4n) is 6.01. The fourth-order valence-corrected chi connectivity index (χ4v) is 7.45. The lowest BCUT2D eigenvalue weighted by molar-refractivity contribution is -0.293. The Hall–Kier alpha value is -1.29. The molecule has 0 aliphatic carbocycles. The minimum Gasteiger partial charge on any atom is -0.394 e. The second-order valence-electron chi connectivity index (χ2n) is 12.9. The second kappa shape index (κ2) is 21.8. The van der Waals surface area contributed by atoms with Crippen LogP contribution in [-0.4, -0.2) is 99.8 Å². The first-order chi connectivity index (χ1) is 23.1. The maximum atomic E-state index is 14.0. The zero-order valence-corrected chi connectivity index (χ0v) is 29.8. The standard InChI is InChI=1S/C33H59N2O12P/c1-4-5-6-7-8-9-10-11-12-13-14-15-16-17-20-43-48(41,44-23-27-29(37)30(38)31(39)32(42-3)46-27)47-25-21-28(45-26(25)22-36)35-19-18-24(2)34-33(35)40/h18-19,25-32,36-39H,4-17,20-23H2,1-3H3/t25-,26+,27+,28+,29+,30-,31+,32-,48?/m0/s1. The van der Waals surface area contributed by atoms with E-state index in [4.69, 9.17) is 27.8 Å². The lowest BCUT2D eigenvalue weighted by atomic mass is 9.99. The zero-order valence-electron chi connectivity index (χ0n) is 28.9. The van der Waals surface area contributed by atoms with Gasteiger partial charge in [0, 0.05) is 25.4 Å². The van der Waals surface area contributed by atoms with Gasteiger partial charge in [0.2, 0.25) is 0 Å². The van der Waals surface area contributed by atoms with Crippen molar-refractivity contribution >= 4 is 7.82 Å². The van der Waals surface area contributed by atoms with Crippen LogP contribution in [0, 0.1) is 6.92 Å². The molecular weight excluding hydrogens is 647 g/mol. The van der Waals surface area contributed by atoms with Gasteiger partial charge in [-0.25, -0.2) is 9.36 Å². The molecule has 9 atom stereocenters. The van der Waals surface area contributed by atoms with E-state index < -0.39 is 75.9 Å². The molecule has 15 heteroatoms. The Morgan fingerprint density at radius 1 is 0.875 bits per heavy atom. The predicted octanol–water partition coefficient (Wildman–Crippen LogP) is 4.29. The molecule has 3 rings (SSSR count). The normalized spacial score (nSPS) is 28.9. The van der Waals surface area contributed by atoms with Gasteiger partial charge in [0.25, 0.3) is 0 Å². The van der Waals surface area contributed by atoms with Crippen molar-refractivity contribution in [3.63, 3.8) is 0 Å². The number of aliphatic hydroxyl groups is 4. The monoisotopic (exact) mass is 706 g/mol. The fraction of sp³-hybridized carbons (Fsp3) is 0.879. The van der Waals surface area contributed by atoms with Gasteiger partial charge in [0.1, 0.15) is 42.9 Å². The van der Waals surface area contributed by atoms with E-state index in [9.17, 15) is 29.8 Å². The minimum atomic E-state index is -4.37. The number of phosphoric acid groups is 1. The van der Waals surface area contributed by atoms with Gasteiger partial charge in [-0.2, -0.15) is 4.98 Å². The van der Waals surface area contributed by atoms with E-state index in [0.717, 1.165) is 19.3 Å². The number of nitrogens with zero attached hydrogens (tertiary/aromatic N) is 2. The summed E-state index contributed by atoms with van der Waals surface area (Å²) in [6.07, 6.45) is 8.19. The van der Waals surface area contributed by atoms with Crippen molar-refractivity contribution in [3.05, 3.63) is 28.4 Å². The molecule has 3 heterocycles. The summed E-state index contributed by atoms with van der Waals surface area (Å²) in [7, 11) is -3.10. The molecule has 2 saturated heterocycles. The highest BCUT2D eigenvalue weighted by Gasteiger charge is 2.47. The highest BCUT2D eigenvalue weighted by Crippen LogP contribution is 2.53. The van der Waals surface area contributed by atoms with Gasteiger partial charge >= 0.3 is 13.5 Å². The molecule has 278 valence electrons. The van der Waals surface area contributed by atoms with E-state index >= 15 is 0 Å². The van der Waals surface area contributed by atoms with Crippen LogP contribution in [0.5, 0.6) is 0 Å². The Morgan fingerprint density at radius 2 is 1.48 bits per heavy atom. The summed E-state index contributed by atoms with van der Waals surface area (Å²) in [5.41, 5.74) is -0.00118. The number of ether oxygens (including phenoxy) is 3. The molecule has 1 aromatic heterocycles. The first-order valence-corrected chi connectivity index (χ1v) is 19.2. The second-order valence-corrected chi connectivity index (χ2v) is 14.5. The summed E-state index contributed by atoms with van der Waals surface area (Å²) >= 11 is 0. The number of hydrogen-bond acceptors (Lipinski definition) is 13. The number of unbranched alkanes of at least 4 members (excludes halogenated alkanes) is 13. The quantitative estimate of drug-likeness (QED) is 0.0881. The maximum absolute atomic E-state index is 14.0. The van der Waals surface area contributed by atoms with Crippen LogP contribution in [0.25, 0.3) is 0 Å². The molecule has 14 nitrogen and oxygen atoms in total.